The number of benzene rings is 1. The molecule has 1 aromatic carbocycles. The summed E-state index contributed by atoms with van der Waals surface area (Å²) in [6, 6.07) is 8.31. The average molecular weight is 359 g/mol. The first kappa shape index (κ1) is 18.0. The van der Waals surface area contributed by atoms with Crippen LogP contribution in [-0.4, -0.2) is 44.8 Å². The number of likely N-dealkylation sites (tertiary alicyclic amines) is 1. The maximum Gasteiger partial charge on any atom is 0.233 e. The monoisotopic (exact) mass is 358 g/mol. The number of rotatable bonds is 5. The molecular weight excluding hydrogens is 332 g/mol. The Kier molecular flexibility index (Phi) is 5.78. The van der Waals surface area contributed by atoms with Crippen LogP contribution in [0.2, 0.25) is 0 Å². The van der Waals surface area contributed by atoms with E-state index in [1.807, 2.05) is 4.90 Å². The SMILES string of the molecule is CCc1ccc(-c2nc(SCC(=O)N3C[C@H](C)C[C@@H](C)C3)n[nH]2)cc1. The van der Waals surface area contributed by atoms with Gasteiger partial charge in [-0.3, -0.25) is 9.89 Å². The number of carbonyl (C=O) groups excluding carboxylic acids is 1. The smallest absolute Gasteiger partial charge is 0.233 e. The van der Waals surface area contributed by atoms with Gasteiger partial charge in [-0.1, -0.05) is 56.8 Å². The zero-order chi connectivity index (χ0) is 17.8. The lowest BCUT2D eigenvalue weighted by molar-refractivity contribution is -0.130. The molecule has 1 aromatic heterocycles. The minimum absolute atomic E-state index is 0.182. The van der Waals surface area contributed by atoms with E-state index < -0.39 is 0 Å². The van der Waals surface area contributed by atoms with Gasteiger partial charge in [-0.25, -0.2) is 4.98 Å². The number of hydrogen-bond donors (Lipinski definition) is 1. The maximum atomic E-state index is 12.4. The van der Waals surface area contributed by atoms with Crippen molar-refractivity contribution in [3.05, 3.63) is 29.8 Å². The summed E-state index contributed by atoms with van der Waals surface area (Å²) in [6.07, 6.45) is 2.23. The number of carbonyl (C=O) groups is 1. The van der Waals surface area contributed by atoms with Crippen molar-refractivity contribution in [1.29, 1.82) is 0 Å². The van der Waals surface area contributed by atoms with Crippen molar-refractivity contribution in [2.75, 3.05) is 18.8 Å². The van der Waals surface area contributed by atoms with Gasteiger partial charge in [-0.15, -0.1) is 5.10 Å². The first-order valence-corrected chi connectivity index (χ1v) is 9.96. The molecule has 0 aliphatic carbocycles. The van der Waals surface area contributed by atoms with Crippen LogP contribution in [-0.2, 0) is 11.2 Å². The fourth-order valence-corrected chi connectivity index (χ4v) is 4.12. The summed E-state index contributed by atoms with van der Waals surface area (Å²) in [5.74, 6) is 2.49. The van der Waals surface area contributed by atoms with Crippen LogP contribution in [0.3, 0.4) is 0 Å². The second-order valence-electron chi connectivity index (χ2n) is 7.05. The molecule has 1 aliphatic heterocycles. The first-order valence-electron chi connectivity index (χ1n) is 8.97. The summed E-state index contributed by atoms with van der Waals surface area (Å²) >= 11 is 1.40. The fraction of sp³-hybridized carbons (Fsp3) is 0.526. The molecule has 0 radical (unpaired) electrons. The topological polar surface area (TPSA) is 61.9 Å². The number of H-pyrrole nitrogens is 1. The molecule has 134 valence electrons. The van der Waals surface area contributed by atoms with Crippen LogP contribution < -0.4 is 0 Å². The third kappa shape index (κ3) is 4.63. The molecule has 1 amide bonds. The lowest BCUT2D eigenvalue weighted by Gasteiger charge is -2.34. The molecule has 3 rings (SSSR count). The van der Waals surface area contributed by atoms with E-state index in [9.17, 15) is 4.79 Å². The van der Waals surface area contributed by atoms with Gasteiger partial charge in [0.15, 0.2) is 5.82 Å². The number of nitrogens with zero attached hydrogens (tertiary/aromatic N) is 3. The Labute approximate surface area is 153 Å². The normalized spacial score (nSPS) is 20.7. The highest BCUT2D eigenvalue weighted by molar-refractivity contribution is 7.99. The number of aromatic nitrogens is 3. The van der Waals surface area contributed by atoms with Crippen LogP contribution in [0, 0.1) is 11.8 Å². The van der Waals surface area contributed by atoms with Gasteiger partial charge in [0, 0.05) is 18.7 Å². The highest BCUT2D eigenvalue weighted by atomic mass is 32.2. The lowest BCUT2D eigenvalue weighted by atomic mass is 9.92. The first-order chi connectivity index (χ1) is 12.0. The van der Waals surface area contributed by atoms with E-state index in [1.54, 1.807) is 0 Å². The van der Waals surface area contributed by atoms with Gasteiger partial charge in [0.2, 0.25) is 11.1 Å². The molecule has 1 saturated heterocycles. The van der Waals surface area contributed by atoms with Crippen LogP contribution in [0.5, 0.6) is 0 Å². The molecule has 2 heterocycles. The molecule has 2 atom stereocenters. The summed E-state index contributed by atoms with van der Waals surface area (Å²) in [7, 11) is 0. The Morgan fingerprint density at radius 2 is 1.92 bits per heavy atom. The average Bonchev–Trinajstić information content (AvgIpc) is 3.08. The van der Waals surface area contributed by atoms with Crippen molar-refractivity contribution in [3.63, 3.8) is 0 Å². The second kappa shape index (κ2) is 8.04. The number of thioether (sulfide) groups is 1. The number of aryl methyl sites for hydroxylation is 1. The zero-order valence-electron chi connectivity index (χ0n) is 15.2. The van der Waals surface area contributed by atoms with Crippen molar-refractivity contribution in [1.82, 2.24) is 20.1 Å². The van der Waals surface area contributed by atoms with Crippen LogP contribution in [0.1, 0.15) is 32.8 Å². The minimum Gasteiger partial charge on any atom is -0.341 e. The van der Waals surface area contributed by atoms with Gasteiger partial charge >= 0.3 is 0 Å². The van der Waals surface area contributed by atoms with E-state index in [0.717, 1.165) is 30.9 Å². The second-order valence-corrected chi connectivity index (χ2v) is 7.99. The number of piperidine rings is 1. The van der Waals surface area contributed by atoms with E-state index in [4.69, 9.17) is 0 Å². The Balaban J connectivity index is 1.57. The predicted molar refractivity (Wildman–Crippen MR) is 101 cm³/mol. The molecule has 2 aromatic rings. The van der Waals surface area contributed by atoms with Gasteiger partial charge in [-0.05, 0) is 30.2 Å². The van der Waals surface area contributed by atoms with Crippen LogP contribution in [0.25, 0.3) is 11.4 Å². The van der Waals surface area contributed by atoms with Crippen LogP contribution in [0.15, 0.2) is 29.4 Å². The summed E-state index contributed by atoms with van der Waals surface area (Å²) in [5.41, 5.74) is 2.31. The van der Waals surface area contributed by atoms with E-state index in [-0.39, 0.29) is 5.91 Å². The van der Waals surface area contributed by atoms with Crippen molar-refractivity contribution in [3.8, 4) is 11.4 Å². The van der Waals surface area contributed by atoms with E-state index in [1.165, 1.54) is 23.7 Å². The molecule has 6 heteroatoms. The predicted octanol–water partition coefficient (Wildman–Crippen LogP) is 3.63. The molecule has 0 bridgehead atoms. The highest BCUT2D eigenvalue weighted by Crippen LogP contribution is 2.23. The molecule has 5 nitrogen and oxygen atoms in total. The standard InChI is InChI=1S/C19H26N4OS/c1-4-15-5-7-16(8-6-15)18-20-19(22-21-18)25-12-17(24)23-10-13(2)9-14(3)11-23/h5-8,13-14H,4,9-12H2,1-3H3,(H,20,21,22)/t13-,14-/m1/s1. The Morgan fingerprint density at radius 1 is 1.24 bits per heavy atom. The lowest BCUT2D eigenvalue weighted by Crippen LogP contribution is -2.43. The molecule has 0 saturated carbocycles. The number of aromatic amines is 1. The Morgan fingerprint density at radius 3 is 2.56 bits per heavy atom. The molecule has 0 unspecified atom stereocenters. The van der Waals surface area contributed by atoms with Gasteiger partial charge in [0.25, 0.3) is 0 Å². The minimum atomic E-state index is 0.182. The Bertz CT molecular complexity index is 702. The third-order valence-electron chi connectivity index (χ3n) is 4.65. The summed E-state index contributed by atoms with van der Waals surface area (Å²) < 4.78 is 0. The molecule has 1 aliphatic rings. The third-order valence-corrected chi connectivity index (χ3v) is 5.48. The van der Waals surface area contributed by atoms with Crippen molar-refractivity contribution < 1.29 is 4.79 Å². The Hall–Kier alpha value is -1.82. The summed E-state index contributed by atoms with van der Waals surface area (Å²) in [5, 5.41) is 7.83. The molecule has 25 heavy (non-hydrogen) atoms. The highest BCUT2D eigenvalue weighted by Gasteiger charge is 2.25. The number of amides is 1. The maximum absolute atomic E-state index is 12.4. The van der Waals surface area contributed by atoms with E-state index in [0.29, 0.717) is 22.7 Å². The van der Waals surface area contributed by atoms with Gasteiger partial charge < -0.3 is 4.90 Å². The molecule has 1 fully saturated rings. The van der Waals surface area contributed by atoms with Crippen molar-refractivity contribution >= 4 is 17.7 Å². The van der Waals surface area contributed by atoms with Crippen LogP contribution >= 0.6 is 11.8 Å². The summed E-state index contributed by atoms with van der Waals surface area (Å²) in [4.78, 5) is 18.9. The summed E-state index contributed by atoms with van der Waals surface area (Å²) in [6.45, 7) is 8.31. The van der Waals surface area contributed by atoms with Crippen molar-refractivity contribution in [2.24, 2.45) is 11.8 Å². The largest absolute Gasteiger partial charge is 0.341 e. The van der Waals surface area contributed by atoms with E-state index >= 15 is 0 Å². The molecule has 1 N–H and O–H groups in total. The quantitative estimate of drug-likeness (QED) is 0.829. The van der Waals surface area contributed by atoms with Crippen molar-refractivity contribution in [2.45, 2.75) is 38.8 Å². The zero-order valence-corrected chi connectivity index (χ0v) is 16.0. The van der Waals surface area contributed by atoms with Gasteiger partial charge in [-0.2, -0.15) is 0 Å². The molecular formula is C19H26N4OS. The van der Waals surface area contributed by atoms with Gasteiger partial charge in [0.05, 0.1) is 5.75 Å². The van der Waals surface area contributed by atoms with Crippen LogP contribution in [0.4, 0.5) is 0 Å². The van der Waals surface area contributed by atoms with E-state index in [2.05, 4.69) is 60.2 Å². The van der Waals surface area contributed by atoms with Gasteiger partial charge in [0.1, 0.15) is 0 Å². The fourth-order valence-electron chi connectivity index (χ4n) is 3.42. The number of nitrogens with one attached hydrogen (secondary N) is 1. The molecule has 0 spiro atoms. The number of hydrogen-bond acceptors (Lipinski definition) is 4.